The standard InChI is InChI=1S/C20H14F2N8O3/c1-29-7-9(6-25-29)17-27-28-19(33-17)20(31)30-5-4-11-14(24-8-23-11)15(30)18-26-12-3-2-10(21)13(22)16(12)32-18/h2-3,6-8,15H,4-5H2,1H3,(H,23,24)/t15-/m0/s1. The van der Waals surface area contributed by atoms with Crippen molar-refractivity contribution in [3.63, 3.8) is 0 Å². The number of aromatic nitrogens is 7. The SMILES string of the molecule is Cn1cc(-c2nnc(C(=O)N3CCc4[nH]cnc4[C@H]3c3nc4ccc(F)c(F)c4o3)o2)cn1. The summed E-state index contributed by atoms with van der Waals surface area (Å²) in [5, 5.41) is 11.9. The van der Waals surface area contributed by atoms with Gasteiger partial charge in [0.05, 0.1) is 23.8 Å². The van der Waals surface area contributed by atoms with Gasteiger partial charge in [-0.1, -0.05) is 0 Å². The number of halogens is 2. The van der Waals surface area contributed by atoms with Gasteiger partial charge in [0, 0.05) is 31.9 Å². The lowest BCUT2D eigenvalue weighted by Crippen LogP contribution is -2.41. The molecule has 6 rings (SSSR count). The highest BCUT2D eigenvalue weighted by molar-refractivity contribution is 5.90. The zero-order valence-corrected chi connectivity index (χ0v) is 17.0. The molecule has 1 aliphatic rings. The van der Waals surface area contributed by atoms with Crippen LogP contribution in [0.3, 0.4) is 0 Å². The highest BCUT2D eigenvalue weighted by Crippen LogP contribution is 2.36. The molecule has 1 aromatic carbocycles. The molecule has 0 saturated heterocycles. The van der Waals surface area contributed by atoms with Crippen molar-refractivity contribution in [2.45, 2.75) is 12.5 Å². The van der Waals surface area contributed by atoms with E-state index in [9.17, 15) is 13.6 Å². The number of oxazole rings is 1. The molecule has 1 N–H and O–H groups in total. The Morgan fingerprint density at radius 1 is 1.24 bits per heavy atom. The number of carbonyl (C=O) groups is 1. The van der Waals surface area contributed by atoms with Crippen LogP contribution in [0.5, 0.6) is 0 Å². The van der Waals surface area contributed by atoms with Gasteiger partial charge in [0.1, 0.15) is 5.52 Å². The lowest BCUT2D eigenvalue weighted by atomic mass is 10.0. The number of rotatable bonds is 3. The number of amides is 1. The Hall–Kier alpha value is -4.42. The number of nitrogens with zero attached hydrogens (tertiary/aromatic N) is 7. The molecule has 0 saturated carbocycles. The Morgan fingerprint density at radius 2 is 2.12 bits per heavy atom. The van der Waals surface area contributed by atoms with E-state index in [0.29, 0.717) is 17.7 Å². The number of benzene rings is 1. The van der Waals surface area contributed by atoms with Crippen LogP contribution in [0.1, 0.15) is 34.0 Å². The molecule has 5 aromatic rings. The van der Waals surface area contributed by atoms with E-state index >= 15 is 0 Å². The topological polar surface area (TPSA) is 132 Å². The van der Waals surface area contributed by atoms with Gasteiger partial charge >= 0.3 is 11.8 Å². The van der Waals surface area contributed by atoms with Gasteiger partial charge in [-0.05, 0) is 12.1 Å². The number of imidazole rings is 1. The first kappa shape index (κ1) is 19.3. The second-order valence-electron chi connectivity index (χ2n) is 7.49. The van der Waals surface area contributed by atoms with Crippen molar-refractivity contribution in [1.29, 1.82) is 0 Å². The zero-order valence-electron chi connectivity index (χ0n) is 17.0. The van der Waals surface area contributed by atoms with E-state index in [1.165, 1.54) is 23.5 Å². The van der Waals surface area contributed by atoms with E-state index < -0.39 is 23.6 Å². The molecule has 0 radical (unpaired) electrons. The summed E-state index contributed by atoms with van der Waals surface area (Å²) in [6, 6.07) is 1.36. The summed E-state index contributed by atoms with van der Waals surface area (Å²) in [5.41, 5.74) is 1.60. The van der Waals surface area contributed by atoms with Crippen molar-refractivity contribution < 1.29 is 22.4 Å². The van der Waals surface area contributed by atoms with Gasteiger partial charge in [-0.2, -0.15) is 9.49 Å². The zero-order chi connectivity index (χ0) is 22.7. The largest absolute Gasteiger partial charge is 0.435 e. The van der Waals surface area contributed by atoms with Crippen molar-refractivity contribution >= 4 is 17.0 Å². The van der Waals surface area contributed by atoms with Crippen molar-refractivity contribution in [2.75, 3.05) is 6.54 Å². The number of carbonyl (C=O) groups excluding carboxylic acids is 1. The van der Waals surface area contributed by atoms with Gasteiger partial charge in [0.2, 0.25) is 11.7 Å². The molecule has 1 aliphatic heterocycles. The Kier molecular flexibility index (Phi) is 4.12. The highest BCUT2D eigenvalue weighted by Gasteiger charge is 2.40. The number of H-pyrrole nitrogens is 1. The number of hydrogen-bond donors (Lipinski definition) is 1. The summed E-state index contributed by atoms with van der Waals surface area (Å²) < 4.78 is 40.7. The van der Waals surface area contributed by atoms with E-state index in [1.807, 2.05) is 0 Å². The van der Waals surface area contributed by atoms with Crippen molar-refractivity contribution in [3.05, 3.63) is 65.7 Å². The van der Waals surface area contributed by atoms with Gasteiger partial charge < -0.3 is 18.7 Å². The molecule has 11 nitrogen and oxygen atoms in total. The van der Waals surface area contributed by atoms with Gasteiger partial charge in [-0.15, -0.1) is 10.2 Å². The summed E-state index contributed by atoms with van der Waals surface area (Å²) >= 11 is 0. The van der Waals surface area contributed by atoms with Crippen molar-refractivity contribution in [2.24, 2.45) is 7.05 Å². The van der Waals surface area contributed by atoms with Crippen LogP contribution in [0.15, 0.2) is 39.7 Å². The van der Waals surface area contributed by atoms with Gasteiger partial charge in [-0.25, -0.2) is 14.4 Å². The van der Waals surface area contributed by atoms with Crippen LogP contribution in [-0.2, 0) is 13.5 Å². The number of hydrogen-bond acceptors (Lipinski definition) is 8. The van der Waals surface area contributed by atoms with Crippen LogP contribution in [0.25, 0.3) is 22.6 Å². The maximum atomic E-state index is 14.2. The average molecular weight is 452 g/mol. The fraction of sp³-hybridized carbons (Fsp3) is 0.200. The van der Waals surface area contributed by atoms with E-state index in [1.54, 1.807) is 17.9 Å². The van der Waals surface area contributed by atoms with Crippen molar-refractivity contribution in [3.8, 4) is 11.5 Å². The molecule has 1 amide bonds. The summed E-state index contributed by atoms with van der Waals surface area (Å²) in [4.78, 5) is 26.4. The monoisotopic (exact) mass is 452 g/mol. The molecule has 0 aliphatic carbocycles. The van der Waals surface area contributed by atoms with Gasteiger partial charge in [0.25, 0.3) is 5.89 Å². The van der Waals surface area contributed by atoms with E-state index in [-0.39, 0.29) is 35.3 Å². The molecule has 0 fully saturated rings. The minimum Gasteiger partial charge on any atom is -0.435 e. The van der Waals surface area contributed by atoms with E-state index in [4.69, 9.17) is 8.83 Å². The third-order valence-electron chi connectivity index (χ3n) is 5.45. The third-order valence-corrected chi connectivity index (χ3v) is 5.45. The molecule has 13 heteroatoms. The predicted molar refractivity (Wildman–Crippen MR) is 106 cm³/mol. The first-order valence-corrected chi connectivity index (χ1v) is 9.89. The molecular formula is C20H14F2N8O3. The van der Waals surface area contributed by atoms with E-state index in [2.05, 4.69) is 30.2 Å². The first-order valence-electron chi connectivity index (χ1n) is 9.89. The number of fused-ring (bicyclic) bond motifs is 2. The Labute approximate surface area is 183 Å². The van der Waals surface area contributed by atoms with Crippen LogP contribution >= 0.6 is 0 Å². The van der Waals surface area contributed by atoms with E-state index in [0.717, 1.165) is 11.8 Å². The highest BCUT2D eigenvalue weighted by atomic mass is 19.2. The fourth-order valence-corrected chi connectivity index (χ4v) is 3.90. The minimum absolute atomic E-state index is 0.0112. The van der Waals surface area contributed by atoms with Crippen LogP contribution in [0, 0.1) is 11.6 Å². The molecule has 4 aromatic heterocycles. The molecule has 1 atom stereocenters. The normalized spacial score (nSPS) is 15.8. The van der Waals surface area contributed by atoms with Crippen LogP contribution in [-0.4, -0.2) is 52.3 Å². The fourth-order valence-electron chi connectivity index (χ4n) is 3.90. The molecular weight excluding hydrogens is 438 g/mol. The van der Waals surface area contributed by atoms with Gasteiger partial charge in [-0.3, -0.25) is 9.48 Å². The van der Waals surface area contributed by atoms with Crippen LogP contribution in [0.4, 0.5) is 8.78 Å². The number of aromatic amines is 1. The summed E-state index contributed by atoms with van der Waals surface area (Å²) in [5.74, 6) is -2.91. The molecule has 33 heavy (non-hydrogen) atoms. The molecule has 0 unspecified atom stereocenters. The third kappa shape index (κ3) is 3.00. The second kappa shape index (κ2) is 7.05. The first-order chi connectivity index (χ1) is 16.0. The quantitative estimate of drug-likeness (QED) is 0.441. The second-order valence-corrected chi connectivity index (χ2v) is 7.49. The maximum Gasteiger partial charge on any atom is 0.312 e. The molecule has 0 bridgehead atoms. The minimum atomic E-state index is -1.15. The maximum absolute atomic E-state index is 14.2. The lowest BCUT2D eigenvalue weighted by molar-refractivity contribution is 0.0627. The van der Waals surface area contributed by atoms with Crippen molar-refractivity contribution in [1.82, 2.24) is 39.8 Å². The Balaban J connectivity index is 1.42. The average Bonchev–Trinajstić information content (AvgIpc) is 3.60. The summed E-state index contributed by atoms with van der Waals surface area (Å²) in [7, 11) is 1.74. The number of aryl methyl sites for hydroxylation is 1. The molecule has 166 valence electrons. The smallest absolute Gasteiger partial charge is 0.312 e. The molecule has 5 heterocycles. The number of nitrogens with one attached hydrogen (secondary N) is 1. The Bertz CT molecular complexity index is 1520. The Morgan fingerprint density at radius 3 is 2.94 bits per heavy atom. The van der Waals surface area contributed by atoms with Crippen LogP contribution < -0.4 is 0 Å². The lowest BCUT2D eigenvalue weighted by Gasteiger charge is -2.31. The predicted octanol–water partition coefficient (Wildman–Crippen LogP) is 2.40. The summed E-state index contributed by atoms with van der Waals surface area (Å²) in [6.07, 6.45) is 5.17. The summed E-state index contributed by atoms with van der Waals surface area (Å²) in [6.45, 7) is 0.249. The molecule has 0 spiro atoms. The van der Waals surface area contributed by atoms with Crippen LogP contribution in [0.2, 0.25) is 0 Å². The van der Waals surface area contributed by atoms with Gasteiger partial charge in [0.15, 0.2) is 17.4 Å².